The number of halogens is 1. The highest BCUT2D eigenvalue weighted by molar-refractivity contribution is 7.89. The molecule has 0 spiro atoms. The summed E-state index contributed by atoms with van der Waals surface area (Å²) in [7, 11) is -3.58. The predicted molar refractivity (Wildman–Crippen MR) is 154 cm³/mol. The Morgan fingerprint density at radius 3 is 2.50 bits per heavy atom. The molecule has 3 N–H and O–H groups in total. The third-order valence-corrected chi connectivity index (χ3v) is 9.40. The van der Waals surface area contributed by atoms with Crippen LogP contribution in [0.1, 0.15) is 31.2 Å². The second-order valence-electron chi connectivity index (χ2n) is 10.6. The zero-order valence-electron chi connectivity index (χ0n) is 22.8. The van der Waals surface area contributed by atoms with Gasteiger partial charge in [0.2, 0.25) is 16.0 Å². The molecule has 40 heavy (non-hydrogen) atoms. The number of sulfonamides is 1. The maximum atomic E-state index is 13.6. The molecule has 5 rings (SSSR count). The molecule has 0 bridgehead atoms. The summed E-state index contributed by atoms with van der Waals surface area (Å²) in [4.78, 5) is 8.99. The topological polar surface area (TPSA) is 108 Å². The second-order valence-corrected chi connectivity index (χ2v) is 12.5. The lowest BCUT2D eigenvalue weighted by Gasteiger charge is -2.32. The number of benzene rings is 2. The molecule has 3 aromatic rings. The van der Waals surface area contributed by atoms with Gasteiger partial charge in [0.1, 0.15) is 11.6 Å². The number of anilines is 4. The maximum absolute atomic E-state index is 13.6. The highest BCUT2D eigenvalue weighted by Crippen LogP contribution is 2.26. The SMILES string of the molecule is Cc1cc(Nc2ccnc(Nc3ccc(S(=O)(=O)N4CCCC(CNCC5CCOCC5)C4)cc3)n2)ccc1F. The standard InChI is InChI=1S/C29H37FN6O3S/c1-21-17-25(6-9-27(21)30)33-28-10-13-32-29(35-28)34-24-4-7-26(8-5-24)40(37,38)36-14-2-3-23(20-36)19-31-18-22-11-15-39-16-12-22/h4-10,13,17,22-23,31H,2-3,11-12,14-16,18-20H2,1H3,(H2,32,33,34,35). The molecule has 0 radical (unpaired) electrons. The molecule has 214 valence electrons. The molecule has 1 unspecified atom stereocenters. The van der Waals surface area contributed by atoms with Crippen molar-refractivity contribution in [2.24, 2.45) is 11.8 Å². The van der Waals surface area contributed by atoms with E-state index in [4.69, 9.17) is 4.74 Å². The number of ether oxygens (including phenoxy) is 1. The van der Waals surface area contributed by atoms with Crippen molar-refractivity contribution >= 4 is 33.2 Å². The van der Waals surface area contributed by atoms with E-state index in [-0.39, 0.29) is 10.7 Å². The lowest BCUT2D eigenvalue weighted by Crippen LogP contribution is -2.43. The van der Waals surface area contributed by atoms with Crippen LogP contribution in [-0.4, -0.2) is 62.1 Å². The molecule has 0 amide bonds. The Hall–Kier alpha value is -3.12. The Balaban J connectivity index is 1.16. The van der Waals surface area contributed by atoms with Crippen molar-refractivity contribution in [1.82, 2.24) is 19.6 Å². The Labute approximate surface area is 235 Å². The average molecular weight is 569 g/mol. The van der Waals surface area contributed by atoms with E-state index < -0.39 is 10.0 Å². The third kappa shape index (κ3) is 7.34. The number of nitrogens with zero attached hydrogens (tertiary/aromatic N) is 3. The molecule has 1 atom stereocenters. The molecule has 2 fully saturated rings. The van der Waals surface area contributed by atoms with E-state index in [1.807, 2.05) is 0 Å². The van der Waals surface area contributed by atoms with Gasteiger partial charge in [-0.25, -0.2) is 17.8 Å². The fraction of sp³-hybridized carbons (Fsp3) is 0.448. The molecule has 0 saturated carbocycles. The zero-order valence-corrected chi connectivity index (χ0v) is 23.6. The molecule has 2 aliphatic heterocycles. The van der Waals surface area contributed by atoms with Gasteiger partial charge in [0, 0.05) is 43.9 Å². The van der Waals surface area contributed by atoms with Crippen LogP contribution in [0.25, 0.3) is 0 Å². The molecule has 9 nitrogen and oxygen atoms in total. The molecule has 2 aromatic carbocycles. The highest BCUT2D eigenvalue weighted by Gasteiger charge is 2.30. The van der Waals surface area contributed by atoms with Crippen LogP contribution in [0.2, 0.25) is 0 Å². The van der Waals surface area contributed by atoms with Crippen molar-refractivity contribution in [2.45, 2.75) is 37.5 Å². The van der Waals surface area contributed by atoms with Crippen LogP contribution in [0, 0.1) is 24.6 Å². The van der Waals surface area contributed by atoms with Gasteiger partial charge in [0.25, 0.3) is 0 Å². The van der Waals surface area contributed by atoms with Crippen LogP contribution < -0.4 is 16.0 Å². The van der Waals surface area contributed by atoms with Gasteiger partial charge in [-0.3, -0.25) is 0 Å². The first-order valence-corrected chi connectivity index (χ1v) is 15.3. The van der Waals surface area contributed by atoms with E-state index in [1.165, 1.54) is 6.07 Å². The Kier molecular flexibility index (Phi) is 9.25. The Morgan fingerprint density at radius 2 is 1.73 bits per heavy atom. The lowest BCUT2D eigenvalue weighted by molar-refractivity contribution is 0.0658. The van der Waals surface area contributed by atoms with Crippen LogP contribution in [0.5, 0.6) is 0 Å². The minimum absolute atomic E-state index is 0.265. The van der Waals surface area contributed by atoms with Crippen LogP contribution in [-0.2, 0) is 14.8 Å². The summed E-state index contributed by atoms with van der Waals surface area (Å²) < 4.78 is 47.4. The van der Waals surface area contributed by atoms with E-state index in [0.717, 1.165) is 52.0 Å². The van der Waals surface area contributed by atoms with Crippen molar-refractivity contribution in [3.05, 3.63) is 66.1 Å². The maximum Gasteiger partial charge on any atom is 0.243 e. The van der Waals surface area contributed by atoms with E-state index in [0.29, 0.717) is 53.6 Å². The molecular formula is C29H37FN6O3S. The molecule has 3 heterocycles. The molecular weight excluding hydrogens is 531 g/mol. The molecule has 2 saturated heterocycles. The fourth-order valence-corrected chi connectivity index (χ4v) is 6.76. The number of piperidine rings is 1. The fourth-order valence-electron chi connectivity index (χ4n) is 5.20. The van der Waals surface area contributed by atoms with Crippen LogP contribution in [0.4, 0.5) is 27.5 Å². The van der Waals surface area contributed by atoms with Crippen LogP contribution in [0.15, 0.2) is 59.6 Å². The Morgan fingerprint density at radius 1 is 0.975 bits per heavy atom. The van der Waals surface area contributed by atoms with Gasteiger partial charge in [-0.2, -0.15) is 9.29 Å². The minimum atomic E-state index is -3.58. The highest BCUT2D eigenvalue weighted by atomic mass is 32.2. The molecule has 1 aromatic heterocycles. The van der Waals surface area contributed by atoms with E-state index >= 15 is 0 Å². The first-order chi connectivity index (χ1) is 19.4. The summed E-state index contributed by atoms with van der Waals surface area (Å²) in [5, 5.41) is 9.84. The lowest BCUT2D eigenvalue weighted by atomic mass is 9.98. The van der Waals surface area contributed by atoms with Gasteiger partial charge >= 0.3 is 0 Å². The van der Waals surface area contributed by atoms with Gasteiger partial charge in [0.15, 0.2) is 0 Å². The van der Waals surface area contributed by atoms with Crippen molar-refractivity contribution in [1.29, 1.82) is 0 Å². The Bertz CT molecular complexity index is 1380. The van der Waals surface area contributed by atoms with Gasteiger partial charge < -0.3 is 20.7 Å². The summed E-state index contributed by atoms with van der Waals surface area (Å²) >= 11 is 0. The monoisotopic (exact) mass is 568 g/mol. The number of aromatic nitrogens is 2. The summed E-state index contributed by atoms with van der Waals surface area (Å²) in [5.74, 6) is 1.59. The number of nitrogens with one attached hydrogen (secondary N) is 3. The van der Waals surface area contributed by atoms with Crippen molar-refractivity contribution in [2.75, 3.05) is 50.0 Å². The number of hydrogen-bond acceptors (Lipinski definition) is 8. The summed E-state index contributed by atoms with van der Waals surface area (Å²) in [6.07, 6.45) is 5.69. The quantitative estimate of drug-likeness (QED) is 0.319. The van der Waals surface area contributed by atoms with Gasteiger partial charge in [-0.05, 0) is 112 Å². The first kappa shape index (κ1) is 28.4. The summed E-state index contributed by atoms with van der Waals surface area (Å²) in [6.45, 7) is 6.25. The van der Waals surface area contributed by atoms with Gasteiger partial charge in [-0.15, -0.1) is 0 Å². The number of hydrogen-bond donors (Lipinski definition) is 3. The number of aryl methyl sites for hydroxylation is 1. The number of rotatable bonds is 10. The summed E-state index contributed by atoms with van der Waals surface area (Å²) in [5.41, 5.74) is 1.92. The average Bonchev–Trinajstić information content (AvgIpc) is 2.96. The van der Waals surface area contributed by atoms with E-state index in [2.05, 4.69) is 25.9 Å². The first-order valence-electron chi connectivity index (χ1n) is 13.9. The second kappa shape index (κ2) is 13.0. The van der Waals surface area contributed by atoms with Crippen LogP contribution >= 0.6 is 0 Å². The zero-order chi connectivity index (χ0) is 28.0. The molecule has 2 aliphatic rings. The van der Waals surface area contributed by atoms with Crippen LogP contribution in [0.3, 0.4) is 0 Å². The van der Waals surface area contributed by atoms with Gasteiger partial charge in [-0.1, -0.05) is 0 Å². The largest absolute Gasteiger partial charge is 0.381 e. The smallest absolute Gasteiger partial charge is 0.243 e. The minimum Gasteiger partial charge on any atom is -0.381 e. The third-order valence-electron chi connectivity index (χ3n) is 7.52. The van der Waals surface area contributed by atoms with E-state index in [1.54, 1.807) is 59.9 Å². The molecule has 11 heteroatoms. The van der Waals surface area contributed by atoms with Crippen molar-refractivity contribution in [3.8, 4) is 0 Å². The van der Waals surface area contributed by atoms with Crippen molar-refractivity contribution < 1.29 is 17.5 Å². The normalized spacial score (nSPS) is 18.9. The van der Waals surface area contributed by atoms with Gasteiger partial charge in [0.05, 0.1) is 4.90 Å². The molecule has 0 aliphatic carbocycles. The predicted octanol–water partition coefficient (Wildman–Crippen LogP) is 4.83. The van der Waals surface area contributed by atoms with E-state index in [9.17, 15) is 12.8 Å². The summed E-state index contributed by atoms with van der Waals surface area (Å²) in [6, 6.07) is 13.1. The van der Waals surface area contributed by atoms with Crippen molar-refractivity contribution in [3.63, 3.8) is 0 Å².